The monoisotopic (exact) mass is 351 g/mol. The van der Waals surface area contributed by atoms with Gasteiger partial charge in [0.25, 0.3) is 11.8 Å². The van der Waals surface area contributed by atoms with E-state index in [1.54, 1.807) is 37.3 Å². The quantitative estimate of drug-likeness (QED) is 0.737. The second kappa shape index (κ2) is 5.96. The van der Waals surface area contributed by atoms with Crippen LogP contribution in [0, 0.1) is 0 Å². The third kappa shape index (κ3) is 2.72. The van der Waals surface area contributed by atoms with Crippen molar-refractivity contribution in [2.45, 2.75) is 25.7 Å². The van der Waals surface area contributed by atoms with E-state index in [-0.39, 0.29) is 5.91 Å². The molecule has 1 unspecified atom stereocenters. The van der Waals surface area contributed by atoms with E-state index in [0.29, 0.717) is 30.0 Å². The first kappa shape index (κ1) is 16.3. The maximum Gasteiger partial charge on any atom is 0.322 e. The Labute approximate surface area is 149 Å². The van der Waals surface area contributed by atoms with Crippen molar-refractivity contribution in [3.63, 3.8) is 0 Å². The van der Waals surface area contributed by atoms with E-state index in [2.05, 4.69) is 16.0 Å². The molecular formula is C19H17N3O4. The van der Waals surface area contributed by atoms with Gasteiger partial charge in [-0.2, -0.15) is 0 Å². The molecule has 2 aliphatic rings. The number of imide groups is 1. The molecule has 7 heteroatoms. The molecule has 0 bridgehead atoms. The third-order valence-corrected chi connectivity index (χ3v) is 4.73. The minimum atomic E-state index is -1.16. The van der Waals surface area contributed by atoms with Crippen molar-refractivity contribution in [1.29, 1.82) is 0 Å². The summed E-state index contributed by atoms with van der Waals surface area (Å²) in [6, 6.07) is 11.8. The van der Waals surface area contributed by atoms with Gasteiger partial charge in [0, 0.05) is 11.3 Å². The first-order valence-electron chi connectivity index (χ1n) is 8.21. The molecule has 3 N–H and O–H groups in total. The lowest BCUT2D eigenvalue weighted by Gasteiger charge is -2.21. The van der Waals surface area contributed by atoms with Crippen molar-refractivity contribution in [2.75, 3.05) is 5.32 Å². The number of hydrogen-bond acceptors (Lipinski definition) is 4. The summed E-state index contributed by atoms with van der Waals surface area (Å²) in [5.41, 5.74) is 2.62. The Morgan fingerprint density at radius 1 is 1.12 bits per heavy atom. The summed E-state index contributed by atoms with van der Waals surface area (Å²) in [6.07, 6.45) is 0. The van der Waals surface area contributed by atoms with Crippen LogP contribution in [0.2, 0.25) is 0 Å². The van der Waals surface area contributed by atoms with Crippen LogP contribution in [0.1, 0.15) is 34.0 Å². The van der Waals surface area contributed by atoms with Crippen molar-refractivity contribution in [3.05, 3.63) is 64.7 Å². The van der Waals surface area contributed by atoms with Crippen molar-refractivity contribution in [2.24, 2.45) is 0 Å². The molecule has 1 atom stereocenters. The Kier molecular flexibility index (Phi) is 3.73. The molecule has 132 valence electrons. The fourth-order valence-electron chi connectivity index (χ4n) is 3.17. The largest absolute Gasteiger partial charge is 0.372 e. The van der Waals surface area contributed by atoms with Gasteiger partial charge in [0.15, 0.2) is 0 Å². The zero-order valence-corrected chi connectivity index (χ0v) is 14.1. The third-order valence-electron chi connectivity index (χ3n) is 4.73. The molecule has 7 nitrogen and oxygen atoms in total. The molecule has 4 amide bonds. The van der Waals surface area contributed by atoms with Crippen molar-refractivity contribution in [1.82, 2.24) is 10.6 Å². The van der Waals surface area contributed by atoms with Gasteiger partial charge in [0.05, 0.1) is 13.2 Å². The first-order chi connectivity index (χ1) is 12.5. The Balaban J connectivity index is 1.57. The lowest BCUT2D eigenvalue weighted by Crippen LogP contribution is -2.40. The van der Waals surface area contributed by atoms with E-state index in [0.717, 1.165) is 11.1 Å². The van der Waals surface area contributed by atoms with Crippen LogP contribution in [0.25, 0.3) is 0 Å². The average Bonchev–Trinajstić information content (AvgIpc) is 3.19. The van der Waals surface area contributed by atoms with E-state index in [1.165, 1.54) is 0 Å². The maximum atomic E-state index is 12.5. The van der Waals surface area contributed by atoms with E-state index in [4.69, 9.17) is 4.74 Å². The van der Waals surface area contributed by atoms with Gasteiger partial charge in [0.2, 0.25) is 0 Å². The topological polar surface area (TPSA) is 96.5 Å². The molecule has 2 aromatic carbocycles. The van der Waals surface area contributed by atoms with Crippen LogP contribution in [0.15, 0.2) is 42.5 Å². The molecule has 2 aliphatic heterocycles. The Hall–Kier alpha value is -3.19. The van der Waals surface area contributed by atoms with Crippen LogP contribution in [-0.2, 0) is 28.3 Å². The fraction of sp³-hybridized carbons (Fsp3) is 0.211. The number of carbonyl (C=O) groups is 3. The molecular weight excluding hydrogens is 334 g/mol. The number of hydrogen-bond donors (Lipinski definition) is 3. The minimum Gasteiger partial charge on any atom is -0.372 e. The molecule has 0 aromatic heterocycles. The van der Waals surface area contributed by atoms with Gasteiger partial charge in [-0.3, -0.25) is 14.9 Å². The predicted octanol–water partition coefficient (Wildman–Crippen LogP) is 2.02. The van der Waals surface area contributed by atoms with Crippen LogP contribution >= 0.6 is 0 Å². The van der Waals surface area contributed by atoms with Gasteiger partial charge in [-0.05, 0) is 47.9 Å². The van der Waals surface area contributed by atoms with Crippen molar-refractivity contribution in [3.8, 4) is 0 Å². The normalized spacial score (nSPS) is 21.1. The van der Waals surface area contributed by atoms with Gasteiger partial charge in [-0.1, -0.05) is 18.2 Å². The lowest BCUT2D eigenvalue weighted by atomic mass is 9.92. The Bertz CT molecular complexity index is 940. The summed E-state index contributed by atoms with van der Waals surface area (Å²) in [5.74, 6) is -0.675. The predicted molar refractivity (Wildman–Crippen MR) is 93.4 cm³/mol. The van der Waals surface area contributed by atoms with Crippen LogP contribution in [-0.4, -0.2) is 17.8 Å². The summed E-state index contributed by atoms with van der Waals surface area (Å²) >= 11 is 0. The van der Waals surface area contributed by atoms with Gasteiger partial charge in [-0.15, -0.1) is 0 Å². The molecule has 0 radical (unpaired) electrons. The van der Waals surface area contributed by atoms with Gasteiger partial charge < -0.3 is 15.4 Å². The highest BCUT2D eigenvalue weighted by Crippen LogP contribution is 2.27. The fourth-order valence-corrected chi connectivity index (χ4v) is 3.17. The van der Waals surface area contributed by atoms with E-state index in [9.17, 15) is 14.4 Å². The Morgan fingerprint density at radius 3 is 2.69 bits per heavy atom. The zero-order valence-electron chi connectivity index (χ0n) is 14.1. The van der Waals surface area contributed by atoms with E-state index >= 15 is 0 Å². The summed E-state index contributed by atoms with van der Waals surface area (Å²) in [5, 5.41) is 7.67. The molecule has 26 heavy (non-hydrogen) atoms. The second-order valence-corrected chi connectivity index (χ2v) is 6.54. The maximum absolute atomic E-state index is 12.5. The van der Waals surface area contributed by atoms with E-state index < -0.39 is 17.5 Å². The summed E-state index contributed by atoms with van der Waals surface area (Å²) in [6.45, 7) is 2.71. The summed E-state index contributed by atoms with van der Waals surface area (Å²) < 4.78 is 5.37. The molecule has 0 aliphatic carbocycles. The van der Waals surface area contributed by atoms with Gasteiger partial charge >= 0.3 is 6.03 Å². The number of anilines is 1. The number of nitrogens with one attached hydrogen (secondary N) is 3. The Morgan fingerprint density at radius 2 is 1.92 bits per heavy atom. The highest BCUT2D eigenvalue weighted by molar-refractivity contribution is 6.07. The summed E-state index contributed by atoms with van der Waals surface area (Å²) in [4.78, 5) is 36.1. The molecule has 1 saturated heterocycles. The van der Waals surface area contributed by atoms with Crippen LogP contribution in [0.5, 0.6) is 0 Å². The smallest absolute Gasteiger partial charge is 0.322 e. The number of rotatable bonds is 3. The lowest BCUT2D eigenvalue weighted by molar-refractivity contribution is -0.123. The van der Waals surface area contributed by atoms with Crippen LogP contribution in [0.4, 0.5) is 10.5 Å². The number of fused-ring (bicyclic) bond motifs is 1. The SMILES string of the molecule is CC1(c2cccc(NC(=O)c3ccc4c(c3)COC4)c2)NC(=O)NC1=O. The molecule has 1 fully saturated rings. The molecule has 0 saturated carbocycles. The standard InChI is InChI=1S/C19H17N3O4/c1-19(17(24)21-18(25)22-19)14-3-2-4-15(8-14)20-16(23)11-5-6-12-9-26-10-13(12)7-11/h2-8H,9-10H2,1H3,(H,20,23)(H2,21,22,24,25). The second-order valence-electron chi connectivity index (χ2n) is 6.54. The number of urea groups is 1. The summed E-state index contributed by atoms with van der Waals surface area (Å²) in [7, 11) is 0. The molecule has 2 heterocycles. The van der Waals surface area contributed by atoms with Crippen molar-refractivity contribution >= 4 is 23.5 Å². The van der Waals surface area contributed by atoms with E-state index in [1.807, 2.05) is 12.1 Å². The van der Waals surface area contributed by atoms with Crippen LogP contribution < -0.4 is 16.0 Å². The minimum absolute atomic E-state index is 0.248. The zero-order chi connectivity index (χ0) is 18.3. The number of amides is 4. The number of benzene rings is 2. The van der Waals surface area contributed by atoms with Crippen molar-refractivity contribution < 1.29 is 19.1 Å². The van der Waals surface area contributed by atoms with Gasteiger partial charge in [-0.25, -0.2) is 4.79 Å². The number of carbonyl (C=O) groups excluding carboxylic acids is 3. The molecule has 4 rings (SSSR count). The average molecular weight is 351 g/mol. The highest BCUT2D eigenvalue weighted by atomic mass is 16.5. The molecule has 0 spiro atoms. The highest BCUT2D eigenvalue weighted by Gasteiger charge is 2.43. The first-order valence-corrected chi connectivity index (χ1v) is 8.21. The van der Waals surface area contributed by atoms with Crippen LogP contribution in [0.3, 0.4) is 0 Å². The van der Waals surface area contributed by atoms with Gasteiger partial charge in [0.1, 0.15) is 5.54 Å². The number of ether oxygens (including phenoxy) is 1. The molecule has 2 aromatic rings.